The topological polar surface area (TPSA) is 93.7 Å². The van der Waals surface area contributed by atoms with Crippen molar-refractivity contribution in [1.82, 2.24) is 10.0 Å². The highest BCUT2D eigenvalue weighted by atomic mass is 32.2. The molecule has 0 aromatic carbocycles. The Kier molecular flexibility index (Phi) is 5.57. The lowest BCUT2D eigenvalue weighted by atomic mass is 10.4. The summed E-state index contributed by atoms with van der Waals surface area (Å²) in [7, 11) is -2.05. The third kappa shape index (κ3) is 4.71. The highest BCUT2D eigenvalue weighted by Gasteiger charge is 2.18. The van der Waals surface area contributed by atoms with Crippen molar-refractivity contribution in [2.75, 3.05) is 20.3 Å². The fourth-order valence-electron chi connectivity index (χ4n) is 1.63. The molecule has 7 nitrogen and oxygen atoms in total. The van der Waals surface area contributed by atoms with Crippen LogP contribution in [0, 0.1) is 0 Å². The van der Waals surface area contributed by atoms with Crippen LogP contribution in [0.2, 0.25) is 0 Å². The quantitative estimate of drug-likeness (QED) is 0.673. The van der Waals surface area contributed by atoms with Gasteiger partial charge in [0.25, 0.3) is 10.0 Å². The van der Waals surface area contributed by atoms with Crippen molar-refractivity contribution in [2.24, 2.45) is 0 Å². The molecule has 0 radical (unpaired) electrons. The molecular weight excluding hydrogens is 296 g/mol. The smallest absolute Gasteiger partial charge is 0.274 e. The van der Waals surface area contributed by atoms with Gasteiger partial charge in [-0.3, -0.25) is 0 Å². The number of rotatable bonds is 9. The summed E-state index contributed by atoms with van der Waals surface area (Å²) >= 11 is 0. The van der Waals surface area contributed by atoms with Crippen molar-refractivity contribution in [2.45, 2.75) is 18.2 Å². The lowest BCUT2D eigenvalue weighted by molar-refractivity contribution is 0.198. The number of sulfonamides is 1. The Hall–Kier alpha value is -1.61. The van der Waals surface area contributed by atoms with Gasteiger partial charge in [-0.2, -0.15) is 0 Å². The fraction of sp³-hybridized carbons (Fsp3) is 0.385. The standard InChI is InChI=1S/C13H18N2O5S/c1-18-7-5-14-9-12-2-3-13(20-12)21(16,17)15-8-11-4-6-19-10-11/h2-4,6,10,14-15H,5,7-9H2,1H3. The average molecular weight is 314 g/mol. The van der Waals surface area contributed by atoms with Crippen LogP contribution in [-0.4, -0.2) is 28.7 Å². The van der Waals surface area contributed by atoms with E-state index in [1.54, 1.807) is 19.2 Å². The van der Waals surface area contributed by atoms with Gasteiger partial charge >= 0.3 is 0 Å². The number of ether oxygens (including phenoxy) is 1. The van der Waals surface area contributed by atoms with Crippen molar-refractivity contribution in [1.29, 1.82) is 0 Å². The number of nitrogens with one attached hydrogen (secondary N) is 2. The van der Waals surface area contributed by atoms with Crippen LogP contribution in [-0.2, 0) is 27.8 Å². The minimum atomic E-state index is -3.66. The molecule has 0 saturated carbocycles. The Bertz CT molecular complexity index is 633. The van der Waals surface area contributed by atoms with Gasteiger partial charge in [0.05, 0.1) is 25.7 Å². The van der Waals surface area contributed by atoms with Gasteiger partial charge in [0.15, 0.2) is 0 Å². The van der Waals surface area contributed by atoms with E-state index in [1.165, 1.54) is 18.6 Å². The molecule has 0 aliphatic rings. The van der Waals surface area contributed by atoms with Crippen LogP contribution < -0.4 is 10.0 Å². The van der Waals surface area contributed by atoms with E-state index in [1.807, 2.05) is 0 Å². The molecule has 0 spiro atoms. The Labute approximate surface area is 123 Å². The second-order valence-corrected chi connectivity index (χ2v) is 6.04. The summed E-state index contributed by atoms with van der Waals surface area (Å²) in [6.45, 7) is 1.84. The largest absolute Gasteiger partial charge is 0.472 e. The number of hydrogen-bond acceptors (Lipinski definition) is 6. The van der Waals surface area contributed by atoms with E-state index in [4.69, 9.17) is 13.6 Å². The number of methoxy groups -OCH3 is 1. The zero-order chi connectivity index (χ0) is 15.1. The molecule has 0 unspecified atom stereocenters. The predicted molar refractivity (Wildman–Crippen MR) is 75.0 cm³/mol. The molecule has 0 atom stereocenters. The lowest BCUT2D eigenvalue weighted by Gasteiger charge is -2.03. The fourth-order valence-corrected chi connectivity index (χ4v) is 2.59. The molecule has 0 aliphatic carbocycles. The third-order valence-electron chi connectivity index (χ3n) is 2.73. The van der Waals surface area contributed by atoms with Crippen LogP contribution >= 0.6 is 0 Å². The predicted octanol–water partition coefficient (Wildman–Crippen LogP) is 1.09. The molecule has 2 N–H and O–H groups in total. The van der Waals surface area contributed by atoms with Crippen molar-refractivity contribution in [3.63, 3.8) is 0 Å². The van der Waals surface area contributed by atoms with Gasteiger partial charge in [-0.05, 0) is 18.2 Å². The maximum atomic E-state index is 12.0. The Morgan fingerprint density at radius 3 is 2.81 bits per heavy atom. The first-order chi connectivity index (χ1) is 10.1. The van der Waals surface area contributed by atoms with Crippen LogP contribution in [0.15, 0.2) is 44.7 Å². The molecule has 2 rings (SSSR count). The second-order valence-electron chi connectivity index (χ2n) is 4.35. The molecule has 0 amide bonds. The summed E-state index contributed by atoms with van der Waals surface area (Å²) in [5.41, 5.74) is 0.742. The Morgan fingerprint density at radius 2 is 2.10 bits per heavy atom. The molecular formula is C13H18N2O5S. The first-order valence-electron chi connectivity index (χ1n) is 6.41. The van der Waals surface area contributed by atoms with E-state index in [0.29, 0.717) is 25.5 Å². The maximum absolute atomic E-state index is 12.0. The van der Waals surface area contributed by atoms with Gasteiger partial charge in [-0.1, -0.05) is 0 Å². The monoisotopic (exact) mass is 314 g/mol. The molecule has 2 aromatic heterocycles. The summed E-state index contributed by atoms with van der Waals surface area (Å²) in [5, 5.41) is 2.97. The van der Waals surface area contributed by atoms with E-state index in [-0.39, 0.29) is 11.6 Å². The Morgan fingerprint density at radius 1 is 1.24 bits per heavy atom. The summed E-state index contributed by atoms with van der Waals surface area (Å²) < 4.78 is 41.6. The molecule has 2 heterocycles. The molecule has 0 bridgehead atoms. The summed E-state index contributed by atoms with van der Waals surface area (Å²) in [4.78, 5) is 0. The molecule has 21 heavy (non-hydrogen) atoms. The van der Waals surface area contributed by atoms with Crippen molar-refractivity contribution in [3.05, 3.63) is 42.0 Å². The Balaban J connectivity index is 1.89. The summed E-state index contributed by atoms with van der Waals surface area (Å²) in [6, 6.07) is 4.76. The van der Waals surface area contributed by atoms with Crippen LogP contribution in [0.3, 0.4) is 0 Å². The van der Waals surface area contributed by atoms with Crippen LogP contribution in [0.25, 0.3) is 0 Å². The van der Waals surface area contributed by atoms with Crippen LogP contribution in [0.5, 0.6) is 0 Å². The third-order valence-corrected chi connectivity index (χ3v) is 4.00. The van der Waals surface area contributed by atoms with Gasteiger partial charge in [-0.15, -0.1) is 0 Å². The van der Waals surface area contributed by atoms with Crippen molar-refractivity contribution >= 4 is 10.0 Å². The van der Waals surface area contributed by atoms with Gasteiger partial charge in [0.2, 0.25) is 5.09 Å². The molecule has 0 saturated heterocycles. The molecule has 0 fully saturated rings. The van der Waals surface area contributed by atoms with Gasteiger partial charge in [-0.25, -0.2) is 13.1 Å². The van der Waals surface area contributed by atoms with Crippen LogP contribution in [0.4, 0.5) is 0 Å². The summed E-state index contributed by atoms with van der Waals surface area (Å²) in [5.74, 6) is 0.551. The normalized spacial score (nSPS) is 11.9. The maximum Gasteiger partial charge on any atom is 0.274 e. The first-order valence-corrected chi connectivity index (χ1v) is 7.89. The van der Waals surface area contributed by atoms with E-state index >= 15 is 0 Å². The van der Waals surface area contributed by atoms with E-state index in [9.17, 15) is 8.42 Å². The number of furan rings is 2. The summed E-state index contributed by atoms with van der Waals surface area (Å²) in [6.07, 6.45) is 2.97. The minimum absolute atomic E-state index is 0.102. The van der Waals surface area contributed by atoms with E-state index in [2.05, 4.69) is 10.0 Å². The first kappa shape index (κ1) is 15.8. The second kappa shape index (κ2) is 7.41. The minimum Gasteiger partial charge on any atom is -0.472 e. The molecule has 116 valence electrons. The van der Waals surface area contributed by atoms with Crippen molar-refractivity contribution in [3.8, 4) is 0 Å². The van der Waals surface area contributed by atoms with E-state index in [0.717, 1.165) is 5.56 Å². The highest BCUT2D eigenvalue weighted by molar-refractivity contribution is 7.89. The zero-order valence-electron chi connectivity index (χ0n) is 11.7. The lowest BCUT2D eigenvalue weighted by Crippen LogP contribution is -2.22. The average Bonchev–Trinajstić information content (AvgIpc) is 3.13. The van der Waals surface area contributed by atoms with Gasteiger partial charge in [0, 0.05) is 25.8 Å². The highest BCUT2D eigenvalue weighted by Crippen LogP contribution is 2.14. The number of hydrogen-bond donors (Lipinski definition) is 2. The van der Waals surface area contributed by atoms with Gasteiger partial charge in [0.1, 0.15) is 5.76 Å². The van der Waals surface area contributed by atoms with Crippen LogP contribution in [0.1, 0.15) is 11.3 Å². The van der Waals surface area contributed by atoms with Gasteiger partial charge < -0.3 is 18.9 Å². The van der Waals surface area contributed by atoms with Crippen molar-refractivity contribution < 1.29 is 22.0 Å². The molecule has 0 aliphatic heterocycles. The SMILES string of the molecule is COCCNCc1ccc(S(=O)(=O)NCc2ccoc2)o1. The van der Waals surface area contributed by atoms with E-state index < -0.39 is 10.0 Å². The molecule has 2 aromatic rings. The molecule has 8 heteroatoms. The zero-order valence-corrected chi connectivity index (χ0v) is 12.5.